The summed E-state index contributed by atoms with van der Waals surface area (Å²) in [5.74, 6) is -1.45. The number of hydrogen-bond donors (Lipinski definition) is 1. The van der Waals surface area contributed by atoms with E-state index >= 15 is 0 Å². The molecule has 0 atom stereocenters. The number of nitrogens with one attached hydrogen (secondary N) is 1. The molecule has 1 aromatic carbocycles. The number of ether oxygens (including phenoxy) is 1. The number of aromatic nitrogens is 3. The van der Waals surface area contributed by atoms with Gasteiger partial charge in [-0.3, -0.25) is 0 Å². The molecule has 0 aliphatic carbocycles. The second kappa shape index (κ2) is 7.16. The Morgan fingerprint density at radius 1 is 1.19 bits per heavy atom. The number of hydrogen-bond acceptors (Lipinski definition) is 6. The maximum atomic E-state index is 13.2. The maximum absolute atomic E-state index is 13.2. The van der Waals surface area contributed by atoms with Gasteiger partial charge < -0.3 is 10.1 Å². The average molecular weight is 312 g/mol. The molecular weight excluding hydrogens is 298 g/mol. The Morgan fingerprint density at radius 3 is 2.67 bits per heavy atom. The van der Waals surface area contributed by atoms with Gasteiger partial charge in [0.2, 0.25) is 11.1 Å². The van der Waals surface area contributed by atoms with E-state index in [4.69, 9.17) is 4.74 Å². The highest BCUT2D eigenvalue weighted by atomic mass is 32.2. The summed E-state index contributed by atoms with van der Waals surface area (Å²) < 4.78 is 31.5. The van der Waals surface area contributed by atoms with Gasteiger partial charge in [0, 0.05) is 11.9 Å². The first-order valence-electron chi connectivity index (χ1n) is 6.32. The molecule has 0 unspecified atom stereocenters. The normalized spacial score (nSPS) is 10.5. The Balaban J connectivity index is 2.23. The van der Waals surface area contributed by atoms with E-state index in [1.165, 1.54) is 6.07 Å². The Kier molecular flexibility index (Phi) is 5.26. The van der Waals surface area contributed by atoms with Crippen molar-refractivity contribution in [3.63, 3.8) is 0 Å². The lowest BCUT2D eigenvalue weighted by Crippen LogP contribution is -2.05. The minimum atomic E-state index is -0.912. The zero-order valence-corrected chi connectivity index (χ0v) is 12.4. The fourth-order valence-corrected chi connectivity index (χ4v) is 2.16. The van der Waals surface area contributed by atoms with Crippen molar-refractivity contribution in [1.29, 1.82) is 0 Å². The minimum Gasteiger partial charge on any atom is -0.463 e. The third kappa shape index (κ3) is 4.25. The molecule has 0 saturated heterocycles. The first-order chi connectivity index (χ1) is 10.1. The van der Waals surface area contributed by atoms with Gasteiger partial charge in [-0.1, -0.05) is 6.92 Å². The summed E-state index contributed by atoms with van der Waals surface area (Å²) in [4.78, 5) is 12.8. The molecule has 2 aromatic rings. The molecule has 1 N–H and O–H groups in total. The van der Waals surface area contributed by atoms with Crippen LogP contribution in [0.15, 0.2) is 28.3 Å². The zero-order valence-electron chi connectivity index (χ0n) is 11.6. The van der Waals surface area contributed by atoms with Crippen molar-refractivity contribution in [2.24, 2.45) is 0 Å². The summed E-state index contributed by atoms with van der Waals surface area (Å²) in [5.41, 5.74) is 0. The first-order valence-corrected chi connectivity index (χ1v) is 7.13. The molecule has 0 aliphatic rings. The quantitative estimate of drug-likeness (QED) is 0.884. The van der Waals surface area contributed by atoms with Crippen LogP contribution in [0.25, 0.3) is 0 Å². The van der Waals surface area contributed by atoms with Gasteiger partial charge in [0.25, 0.3) is 0 Å². The van der Waals surface area contributed by atoms with Crippen molar-refractivity contribution >= 4 is 17.7 Å². The zero-order chi connectivity index (χ0) is 15.2. The predicted octanol–water partition coefficient (Wildman–Crippen LogP) is 3.13. The third-order valence-corrected chi connectivity index (χ3v) is 3.21. The third-order valence-electron chi connectivity index (χ3n) is 2.35. The molecule has 1 aromatic heterocycles. The van der Waals surface area contributed by atoms with E-state index in [0.717, 1.165) is 30.3 Å². The SMILES string of the molecule is CCCOc1nc(NC)nc(Sc2ccc(F)c(F)c2)n1. The molecule has 0 saturated carbocycles. The van der Waals surface area contributed by atoms with Crippen molar-refractivity contribution in [2.45, 2.75) is 23.4 Å². The second-order valence-electron chi connectivity index (χ2n) is 4.00. The van der Waals surface area contributed by atoms with Gasteiger partial charge in [0.05, 0.1) is 6.61 Å². The highest BCUT2D eigenvalue weighted by molar-refractivity contribution is 7.99. The Bertz CT molecular complexity index is 627. The summed E-state index contributed by atoms with van der Waals surface area (Å²) in [6.45, 7) is 2.46. The highest BCUT2D eigenvalue weighted by Gasteiger charge is 2.10. The molecule has 0 spiro atoms. The Morgan fingerprint density at radius 2 is 2.00 bits per heavy atom. The summed E-state index contributed by atoms with van der Waals surface area (Å²) in [7, 11) is 1.67. The van der Waals surface area contributed by atoms with Crippen LogP contribution in [-0.4, -0.2) is 28.6 Å². The molecule has 8 heteroatoms. The maximum Gasteiger partial charge on any atom is 0.322 e. The fraction of sp³-hybridized carbons (Fsp3) is 0.308. The first kappa shape index (κ1) is 15.4. The summed E-state index contributed by atoms with van der Waals surface area (Å²) in [5, 5.41) is 3.14. The van der Waals surface area contributed by atoms with E-state index in [-0.39, 0.29) is 6.01 Å². The lowest BCUT2D eigenvalue weighted by atomic mass is 10.3. The van der Waals surface area contributed by atoms with E-state index in [1.807, 2.05) is 6.92 Å². The molecule has 5 nitrogen and oxygen atoms in total. The topological polar surface area (TPSA) is 59.9 Å². The highest BCUT2D eigenvalue weighted by Crippen LogP contribution is 2.27. The van der Waals surface area contributed by atoms with Crippen molar-refractivity contribution in [2.75, 3.05) is 19.0 Å². The molecule has 0 fully saturated rings. The van der Waals surface area contributed by atoms with Crippen molar-refractivity contribution in [3.05, 3.63) is 29.8 Å². The smallest absolute Gasteiger partial charge is 0.322 e. The fourth-order valence-electron chi connectivity index (χ4n) is 1.40. The Labute approximate surface area is 125 Å². The van der Waals surface area contributed by atoms with Crippen molar-refractivity contribution in [1.82, 2.24) is 15.0 Å². The van der Waals surface area contributed by atoms with E-state index in [1.54, 1.807) is 7.05 Å². The van der Waals surface area contributed by atoms with Crippen molar-refractivity contribution < 1.29 is 13.5 Å². The van der Waals surface area contributed by atoms with E-state index in [9.17, 15) is 8.78 Å². The molecule has 0 bridgehead atoms. The van der Waals surface area contributed by atoms with Crippen LogP contribution < -0.4 is 10.1 Å². The molecule has 0 amide bonds. The largest absolute Gasteiger partial charge is 0.463 e. The van der Waals surface area contributed by atoms with Gasteiger partial charge in [0.1, 0.15) is 0 Å². The molecule has 0 radical (unpaired) electrons. The lowest BCUT2D eigenvalue weighted by Gasteiger charge is -2.07. The van der Waals surface area contributed by atoms with Crippen LogP contribution in [0.4, 0.5) is 14.7 Å². The van der Waals surface area contributed by atoms with Crippen molar-refractivity contribution in [3.8, 4) is 6.01 Å². The van der Waals surface area contributed by atoms with E-state index in [2.05, 4.69) is 20.3 Å². The molecule has 21 heavy (non-hydrogen) atoms. The summed E-state index contributed by atoms with van der Waals surface area (Å²) >= 11 is 1.10. The van der Waals surface area contributed by atoms with Crippen LogP contribution in [0.3, 0.4) is 0 Å². The molecule has 0 aliphatic heterocycles. The van der Waals surface area contributed by atoms with E-state index in [0.29, 0.717) is 22.6 Å². The van der Waals surface area contributed by atoms with Crippen LogP contribution >= 0.6 is 11.8 Å². The average Bonchev–Trinajstić information content (AvgIpc) is 2.48. The number of anilines is 1. The standard InChI is InChI=1S/C13H14F2N4OS/c1-3-6-20-12-17-11(16-2)18-13(19-12)21-8-4-5-9(14)10(15)7-8/h4-5,7H,3,6H2,1-2H3,(H,16,17,18,19). The van der Waals surface area contributed by atoms with Crippen LogP contribution in [0.5, 0.6) is 6.01 Å². The molecular formula is C13H14F2N4OS. The minimum absolute atomic E-state index is 0.196. The molecule has 2 rings (SSSR count). The van der Waals surface area contributed by atoms with Gasteiger partial charge >= 0.3 is 6.01 Å². The molecule has 112 valence electrons. The monoisotopic (exact) mass is 312 g/mol. The van der Waals surface area contributed by atoms with Gasteiger partial charge in [-0.2, -0.15) is 15.0 Å². The Hall–Kier alpha value is -1.96. The number of rotatable bonds is 6. The lowest BCUT2D eigenvalue weighted by molar-refractivity contribution is 0.288. The van der Waals surface area contributed by atoms with Crippen LogP contribution in [0, 0.1) is 11.6 Å². The number of nitrogens with zero attached hydrogens (tertiary/aromatic N) is 3. The second-order valence-corrected chi connectivity index (χ2v) is 5.04. The van der Waals surface area contributed by atoms with Gasteiger partial charge in [-0.15, -0.1) is 0 Å². The van der Waals surface area contributed by atoms with Gasteiger partial charge in [-0.05, 0) is 36.4 Å². The number of halogens is 2. The van der Waals surface area contributed by atoms with Crippen LogP contribution in [-0.2, 0) is 0 Å². The van der Waals surface area contributed by atoms with Gasteiger partial charge in [0.15, 0.2) is 11.6 Å². The summed E-state index contributed by atoms with van der Waals surface area (Å²) in [6, 6.07) is 3.81. The van der Waals surface area contributed by atoms with E-state index < -0.39 is 11.6 Å². The predicted molar refractivity (Wildman–Crippen MR) is 75.6 cm³/mol. The molecule has 1 heterocycles. The number of benzene rings is 1. The van der Waals surface area contributed by atoms with Crippen LogP contribution in [0.2, 0.25) is 0 Å². The van der Waals surface area contributed by atoms with Gasteiger partial charge in [-0.25, -0.2) is 8.78 Å². The van der Waals surface area contributed by atoms with Crippen LogP contribution in [0.1, 0.15) is 13.3 Å². The summed E-state index contributed by atoms with van der Waals surface area (Å²) in [6.07, 6.45) is 0.826.